The number of carboxylic acids is 1. The Bertz CT molecular complexity index is 444. The van der Waals surface area contributed by atoms with Crippen LogP contribution in [0.2, 0.25) is 0 Å². The first-order valence-corrected chi connectivity index (χ1v) is 6.37. The minimum atomic E-state index is -0.882. The van der Waals surface area contributed by atoms with Crippen molar-refractivity contribution in [2.75, 3.05) is 0 Å². The number of carbonyl (C=O) groups is 2. The number of amides is 1. The zero-order chi connectivity index (χ0) is 12.4. The number of thiazole rings is 1. The second-order valence-corrected chi connectivity index (χ2v) is 5.28. The quantitative estimate of drug-likeness (QED) is 0.823. The summed E-state index contributed by atoms with van der Waals surface area (Å²) in [4.78, 5) is 27.5. The first-order valence-electron chi connectivity index (χ1n) is 5.56. The molecular weight excluding hydrogens is 240 g/mol. The molecule has 1 aromatic rings. The Morgan fingerprint density at radius 2 is 2.35 bits per heavy atom. The zero-order valence-electron chi connectivity index (χ0n) is 9.47. The van der Waals surface area contributed by atoms with Crippen LogP contribution in [-0.2, 0) is 22.6 Å². The summed E-state index contributed by atoms with van der Waals surface area (Å²) < 4.78 is 0. The van der Waals surface area contributed by atoms with Crippen molar-refractivity contribution in [3.8, 4) is 0 Å². The van der Waals surface area contributed by atoms with Gasteiger partial charge in [0.15, 0.2) is 0 Å². The maximum absolute atomic E-state index is 11.6. The van der Waals surface area contributed by atoms with E-state index in [4.69, 9.17) is 5.11 Å². The number of carbonyl (C=O) groups excluding carboxylic acids is 1. The lowest BCUT2D eigenvalue weighted by molar-refractivity contribution is -0.140. The number of rotatable bonds is 5. The summed E-state index contributed by atoms with van der Waals surface area (Å²) in [7, 11) is 0. The number of aromatic nitrogens is 1. The average molecular weight is 254 g/mol. The van der Waals surface area contributed by atoms with Gasteiger partial charge in [-0.2, -0.15) is 0 Å². The predicted octanol–water partition coefficient (Wildman–Crippen LogP) is 1.04. The van der Waals surface area contributed by atoms with Gasteiger partial charge in [0.25, 0.3) is 0 Å². The Labute approximate surface area is 103 Å². The largest absolute Gasteiger partial charge is 0.481 e. The molecule has 6 heteroatoms. The van der Waals surface area contributed by atoms with E-state index < -0.39 is 11.9 Å². The Morgan fingerprint density at radius 1 is 1.59 bits per heavy atom. The monoisotopic (exact) mass is 254 g/mol. The van der Waals surface area contributed by atoms with Gasteiger partial charge in [-0.15, -0.1) is 11.3 Å². The van der Waals surface area contributed by atoms with Crippen LogP contribution in [0.15, 0.2) is 6.20 Å². The molecule has 0 bridgehead atoms. The fourth-order valence-electron chi connectivity index (χ4n) is 1.64. The minimum Gasteiger partial charge on any atom is -0.481 e. The SMILES string of the molecule is CCc1cnc(CNC(=O)[C@@H]2C[C@H]2C(=O)O)s1. The van der Waals surface area contributed by atoms with E-state index in [2.05, 4.69) is 17.2 Å². The molecule has 0 radical (unpaired) electrons. The molecule has 0 unspecified atom stereocenters. The third-order valence-electron chi connectivity index (χ3n) is 2.81. The van der Waals surface area contributed by atoms with Crippen molar-refractivity contribution in [2.24, 2.45) is 11.8 Å². The van der Waals surface area contributed by atoms with Crippen molar-refractivity contribution in [1.29, 1.82) is 0 Å². The number of aliphatic carboxylic acids is 1. The van der Waals surface area contributed by atoms with Gasteiger partial charge in [0.1, 0.15) is 5.01 Å². The van der Waals surface area contributed by atoms with Crippen LogP contribution in [0.1, 0.15) is 23.2 Å². The van der Waals surface area contributed by atoms with E-state index in [0.717, 1.165) is 11.4 Å². The number of aryl methyl sites for hydroxylation is 1. The van der Waals surface area contributed by atoms with Crippen LogP contribution >= 0.6 is 11.3 Å². The molecule has 5 nitrogen and oxygen atoms in total. The Balaban J connectivity index is 1.79. The Morgan fingerprint density at radius 3 is 2.88 bits per heavy atom. The fourth-order valence-corrected chi connectivity index (χ4v) is 2.45. The highest BCUT2D eigenvalue weighted by atomic mass is 32.1. The van der Waals surface area contributed by atoms with Crippen LogP contribution in [0, 0.1) is 11.8 Å². The van der Waals surface area contributed by atoms with Crippen LogP contribution in [-0.4, -0.2) is 22.0 Å². The lowest BCUT2D eigenvalue weighted by Crippen LogP contribution is -2.25. The summed E-state index contributed by atoms with van der Waals surface area (Å²) in [5.41, 5.74) is 0. The third kappa shape index (κ3) is 2.82. The third-order valence-corrected chi connectivity index (χ3v) is 3.95. The van der Waals surface area contributed by atoms with Crippen LogP contribution in [0.4, 0.5) is 0 Å². The van der Waals surface area contributed by atoms with E-state index in [0.29, 0.717) is 13.0 Å². The molecule has 1 fully saturated rings. The summed E-state index contributed by atoms with van der Waals surface area (Å²) >= 11 is 1.57. The maximum Gasteiger partial charge on any atom is 0.307 e. The van der Waals surface area contributed by atoms with Crippen LogP contribution in [0.3, 0.4) is 0 Å². The van der Waals surface area contributed by atoms with Gasteiger partial charge in [-0.25, -0.2) is 4.98 Å². The molecule has 1 heterocycles. The second-order valence-electron chi connectivity index (χ2n) is 4.08. The zero-order valence-corrected chi connectivity index (χ0v) is 10.3. The topological polar surface area (TPSA) is 79.3 Å². The molecule has 0 saturated heterocycles. The van der Waals surface area contributed by atoms with E-state index in [-0.39, 0.29) is 11.8 Å². The summed E-state index contributed by atoms with van der Waals surface area (Å²) in [6.07, 6.45) is 3.21. The smallest absolute Gasteiger partial charge is 0.307 e. The minimum absolute atomic E-state index is 0.175. The lowest BCUT2D eigenvalue weighted by Gasteiger charge is -2.00. The van der Waals surface area contributed by atoms with Gasteiger partial charge in [0.2, 0.25) is 5.91 Å². The predicted molar refractivity (Wildman–Crippen MR) is 62.6 cm³/mol. The summed E-state index contributed by atoms with van der Waals surface area (Å²) in [5.74, 6) is -1.89. The number of nitrogens with one attached hydrogen (secondary N) is 1. The molecule has 1 saturated carbocycles. The Hall–Kier alpha value is -1.43. The van der Waals surface area contributed by atoms with Gasteiger partial charge in [-0.05, 0) is 12.8 Å². The maximum atomic E-state index is 11.6. The molecule has 2 atom stereocenters. The first kappa shape index (κ1) is 12.0. The molecule has 92 valence electrons. The van der Waals surface area contributed by atoms with Gasteiger partial charge >= 0.3 is 5.97 Å². The van der Waals surface area contributed by atoms with Gasteiger partial charge in [0, 0.05) is 11.1 Å². The van der Waals surface area contributed by atoms with E-state index in [1.54, 1.807) is 11.3 Å². The molecular formula is C11H14N2O3S. The van der Waals surface area contributed by atoms with Crippen LogP contribution in [0.5, 0.6) is 0 Å². The average Bonchev–Trinajstić information content (AvgIpc) is 2.99. The molecule has 1 aliphatic rings. The molecule has 1 amide bonds. The molecule has 0 spiro atoms. The van der Waals surface area contributed by atoms with Crippen molar-refractivity contribution in [2.45, 2.75) is 26.3 Å². The molecule has 0 aliphatic heterocycles. The van der Waals surface area contributed by atoms with Gasteiger partial charge in [0.05, 0.1) is 18.4 Å². The molecule has 1 aliphatic carbocycles. The standard InChI is InChI=1S/C11H14N2O3S/c1-2-6-4-12-9(17-6)5-13-10(14)7-3-8(7)11(15)16/h4,7-8H,2-3,5H2,1H3,(H,13,14)(H,15,16)/t7-,8-/m1/s1. The van der Waals surface area contributed by atoms with Gasteiger partial charge in [-0.1, -0.05) is 6.92 Å². The van der Waals surface area contributed by atoms with Crippen molar-refractivity contribution in [3.63, 3.8) is 0 Å². The van der Waals surface area contributed by atoms with E-state index in [1.165, 1.54) is 4.88 Å². The highest BCUT2D eigenvalue weighted by Crippen LogP contribution is 2.38. The fraction of sp³-hybridized carbons (Fsp3) is 0.545. The number of hydrogen-bond donors (Lipinski definition) is 2. The van der Waals surface area contributed by atoms with Crippen LogP contribution in [0.25, 0.3) is 0 Å². The van der Waals surface area contributed by atoms with Crippen molar-refractivity contribution in [3.05, 3.63) is 16.1 Å². The number of nitrogens with zero attached hydrogens (tertiary/aromatic N) is 1. The molecule has 1 aromatic heterocycles. The van der Waals surface area contributed by atoms with Crippen molar-refractivity contribution >= 4 is 23.2 Å². The lowest BCUT2D eigenvalue weighted by atomic mass is 10.3. The Kier molecular flexibility index (Phi) is 3.42. The molecule has 2 N–H and O–H groups in total. The summed E-state index contributed by atoms with van der Waals surface area (Å²) in [6, 6.07) is 0. The van der Waals surface area contributed by atoms with Crippen LogP contribution < -0.4 is 5.32 Å². The van der Waals surface area contributed by atoms with Gasteiger partial charge < -0.3 is 10.4 Å². The molecule has 17 heavy (non-hydrogen) atoms. The van der Waals surface area contributed by atoms with Gasteiger partial charge in [-0.3, -0.25) is 9.59 Å². The van der Waals surface area contributed by atoms with E-state index >= 15 is 0 Å². The molecule has 0 aromatic carbocycles. The van der Waals surface area contributed by atoms with Crippen molar-refractivity contribution in [1.82, 2.24) is 10.3 Å². The van der Waals surface area contributed by atoms with Crippen molar-refractivity contribution < 1.29 is 14.7 Å². The second kappa shape index (κ2) is 4.83. The summed E-state index contributed by atoms with van der Waals surface area (Å²) in [5, 5.41) is 12.3. The highest BCUT2D eigenvalue weighted by molar-refractivity contribution is 7.11. The van der Waals surface area contributed by atoms with E-state index in [1.807, 2.05) is 6.20 Å². The van der Waals surface area contributed by atoms with E-state index in [9.17, 15) is 9.59 Å². The highest BCUT2D eigenvalue weighted by Gasteiger charge is 2.48. The normalized spacial score (nSPS) is 22.2. The molecule has 2 rings (SSSR count). The summed E-state index contributed by atoms with van der Waals surface area (Å²) in [6.45, 7) is 2.45. The first-order chi connectivity index (χ1) is 8.11. The number of carboxylic acid groups (broad SMARTS) is 1. The number of hydrogen-bond acceptors (Lipinski definition) is 4.